The largest absolute Gasteiger partial charge is 0.463 e. The standard InChI is InChI=1S/C10H15BrO4/c1-4-14-8(12)5-6-9(13)15-10(11)7(2)3/h5-7,10H,4H2,1-3H3/b6-5-. The zero-order chi connectivity index (χ0) is 11.8. The molecule has 0 fully saturated rings. The molecule has 15 heavy (non-hydrogen) atoms. The second-order valence-electron chi connectivity index (χ2n) is 3.12. The molecule has 0 aliphatic heterocycles. The van der Waals surface area contributed by atoms with Crippen LogP contribution in [0.15, 0.2) is 12.2 Å². The minimum Gasteiger partial charge on any atom is -0.463 e. The number of alkyl halides is 1. The highest BCUT2D eigenvalue weighted by Crippen LogP contribution is 2.13. The van der Waals surface area contributed by atoms with Crippen molar-refractivity contribution in [3.05, 3.63) is 12.2 Å². The summed E-state index contributed by atoms with van der Waals surface area (Å²) in [5, 5.41) is -0.350. The van der Waals surface area contributed by atoms with Crippen molar-refractivity contribution in [2.75, 3.05) is 6.61 Å². The first-order valence-corrected chi connectivity index (χ1v) is 5.58. The van der Waals surface area contributed by atoms with Gasteiger partial charge in [-0.2, -0.15) is 0 Å². The summed E-state index contributed by atoms with van der Waals surface area (Å²) in [6, 6.07) is 0. The van der Waals surface area contributed by atoms with Gasteiger partial charge in [-0.3, -0.25) is 0 Å². The van der Waals surface area contributed by atoms with Crippen molar-refractivity contribution in [2.45, 2.75) is 25.8 Å². The van der Waals surface area contributed by atoms with Crippen molar-refractivity contribution in [1.29, 1.82) is 0 Å². The quantitative estimate of drug-likeness (QED) is 0.439. The molecule has 0 rings (SSSR count). The van der Waals surface area contributed by atoms with Gasteiger partial charge in [-0.05, 0) is 22.9 Å². The summed E-state index contributed by atoms with van der Waals surface area (Å²) in [6.45, 7) is 5.78. The molecule has 86 valence electrons. The summed E-state index contributed by atoms with van der Waals surface area (Å²) < 4.78 is 9.52. The van der Waals surface area contributed by atoms with Crippen molar-refractivity contribution in [3.63, 3.8) is 0 Å². The van der Waals surface area contributed by atoms with Gasteiger partial charge in [0.15, 0.2) is 5.01 Å². The predicted octanol–water partition coefficient (Wildman–Crippen LogP) is 2.03. The van der Waals surface area contributed by atoms with Crippen molar-refractivity contribution in [2.24, 2.45) is 5.92 Å². The lowest BCUT2D eigenvalue weighted by Crippen LogP contribution is -2.16. The van der Waals surface area contributed by atoms with E-state index in [0.29, 0.717) is 0 Å². The molecule has 0 saturated carbocycles. The Kier molecular flexibility index (Phi) is 7.03. The summed E-state index contributed by atoms with van der Waals surface area (Å²) in [6.07, 6.45) is 2.10. The van der Waals surface area contributed by atoms with Crippen LogP contribution in [0.4, 0.5) is 0 Å². The topological polar surface area (TPSA) is 52.6 Å². The molecular formula is C10H15BrO4. The Morgan fingerprint density at radius 3 is 2.27 bits per heavy atom. The lowest BCUT2D eigenvalue weighted by molar-refractivity contribution is -0.141. The number of carbonyl (C=O) groups is 2. The van der Waals surface area contributed by atoms with Crippen LogP contribution in [0, 0.1) is 5.92 Å². The molecule has 0 aliphatic rings. The fourth-order valence-corrected chi connectivity index (χ4v) is 0.797. The van der Waals surface area contributed by atoms with Crippen LogP contribution in [0.25, 0.3) is 0 Å². The van der Waals surface area contributed by atoms with Crippen LogP contribution >= 0.6 is 15.9 Å². The zero-order valence-electron chi connectivity index (χ0n) is 9.03. The Labute approximate surface area is 97.8 Å². The van der Waals surface area contributed by atoms with Gasteiger partial charge in [0.25, 0.3) is 0 Å². The highest BCUT2D eigenvalue weighted by molar-refractivity contribution is 9.09. The summed E-state index contributed by atoms with van der Waals surface area (Å²) in [7, 11) is 0. The molecular weight excluding hydrogens is 264 g/mol. The van der Waals surface area contributed by atoms with Crippen LogP contribution in [-0.4, -0.2) is 23.6 Å². The Morgan fingerprint density at radius 2 is 1.80 bits per heavy atom. The highest BCUT2D eigenvalue weighted by atomic mass is 79.9. The van der Waals surface area contributed by atoms with E-state index in [-0.39, 0.29) is 17.5 Å². The number of esters is 2. The number of ether oxygens (including phenoxy) is 2. The van der Waals surface area contributed by atoms with Crippen LogP contribution in [0.5, 0.6) is 0 Å². The molecule has 1 atom stereocenters. The summed E-state index contributed by atoms with van der Waals surface area (Å²) in [5.74, 6) is -0.950. The van der Waals surface area contributed by atoms with Crippen LogP contribution in [0.2, 0.25) is 0 Å². The van der Waals surface area contributed by atoms with Gasteiger partial charge < -0.3 is 9.47 Å². The van der Waals surface area contributed by atoms with E-state index in [1.165, 1.54) is 0 Å². The first kappa shape index (κ1) is 14.2. The SMILES string of the molecule is CCOC(=O)/C=C\C(=O)OC(Br)C(C)C. The Bertz CT molecular complexity index is 248. The highest BCUT2D eigenvalue weighted by Gasteiger charge is 2.12. The maximum atomic E-state index is 11.1. The molecule has 0 saturated heterocycles. The van der Waals surface area contributed by atoms with Crippen LogP contribution in [0.1, 0.15) is 20.8 Å². The van der Waals surface area contributed by atoms with Gasteiger partial charge in [0.1, 0.15) is 0 Å². The molecule has 0 bridgehead atoms. The van der Waals surface area contributed by atoms with Gasteiger partial charge >= 0.3 is 11.9 Å². The molecule has 0 amide bonds. The average molecular weight is 279 g/mol. The molecule has 4 nitrogen and oxygen atoms in total. The van der Waals surface area contributed by atoms with Gasteiger partial charge in [0.05, 0.1) is 6.61 Å². The van der Waals surface area contributed by atoms with E-state index in [0.717, 1.165) is 12.2 Å². The Balaban J connectivity index is 3.98. The average Bonchev–Trinajstić information content (AvgIpc) is 2.15. The Hall–Kier alpha value is -0.840. The molecule has 1 unspecified atom stereocenters. The van der Waals surface area contributed by atoms with Gasteiger partial charge in [-0.15, -0.1) is 0 Å². The minimum absolute atomic E-state index is 0.171. The molecule has 5 heteroatoms. The maximum absolute atomic E-state index is 11.1. The van der Waals surface area contributed by atoms with Crippen LogP contribution < -0.4 is 0 Å². The van der Waals surface area contributed by atoms with Gasteiger partial charge in [-0.25, -0.2) is 9.59 Å². The van der Waals surface area contributed by atoms with E-state index < -0.39 is 11.9 Å². The molecule has 0 aliphatic carbocycles. The molecule has 0 aromatic rings. The maximum Gasteiger partial charge on any atom is 0.332 e. The van der Waals surface area contributed by atoms with E-state index in [4.69, 9.17) is 4.74 Å². The third kappa shape index (κ3) is 7.13. The van der Waals surface area contributed by atoms with Gasteiger partial charge in [0.2, 0.25) is 0 Å². The fraction of sp³-hybridized carbons (Fsp3) is 0.600. The van der Waals surface area contributed by atoms with E-state index in [1.807, 2.05) is 13.8 Å². The first-order valence-electron chi connectivity index (χ1n) is 4.66. The summed E-state index contributed by atoms with van der Waals surface area (Å²) in [5.41, 5.74) is 0. The number of carbonyl (C=O) groups excluding carboxylic acids is 2. The predicted molar refractivity (Wildman–Crippen MR) is 59.4 cm³/mol. The van der Waals surface area contributed by atoms with Crippen LogP contribution in [-0.2, 0) is 19.1 Å². The third-order valence-corrected chi connectivity index (χ3v) is 2.64. The number of hydrogen-bond donors (Lipinski definition) is 0. The van der Waals surface area contributed by atoms with Crippen molar-refractivity contribution >= 4 is 27.9 Å². The molecule has 0 spiro atoms. The molecule has 0 aromatic carbocycles. The van der Waals surface area contributed by atoms with Gasteiger partial charge in [-0.1, -0.05) is 13.8 Å². The van der Waals surface area contributed by atoms with Crippen molar-refractivity contribution < 1.29 is 19.1 Å². The fourth-order valence-electron chi connectivity index (χ4n) is 0.613. The smallest absolute Gasteiger partial charge is 0.332 e. The lowest BCUT2D eigenvalue weighted by Gasteiger charge is -2.12. The van der Waals surface area contributed by atoms with E-state index in [9.17, 15) is 9.59 Å². The first-order chi connectivity index (χ1) is 6.97. The molecule has 0 aromatic heterocycles. The lowest BCUT2D eigenvalue weighted by atomic mass is 10.2. The summed E-state index contributed by atoms with van der Waals surface area (Å²) >= 11 is 3.19. The van der Waals surface area contributed by atoms with E-state index in [1.54, 1.807) is 6.92 Å². The Morgan fingerprint density at radius 1 is 1.27 bits per heavy atom. The minimum atomic E-state index is -0.571. The third-order valence-electron chi connectivity index (χ3n) is 1.39. The molecule has 0 heterocycles. The van der Waals surface area contributed by atoms with Gasteiger partial charge in [0, 0.05) is 18.1 Å². The number of halogens is 1. The second kappa shape index (κ2) is 7.45. The monoisotopic (exact) mass is 278 g/mol. The zero-order valence-corrected chi connectivity index (χ0v) is 10.6. The summed E-state index contributed by atoms with van der Waals surface area (Å²) in [4.78, 5) is 22.0. The molecule has 0 N–H and O–H groups in total. The second-order valence-corrected chi connectivity index (χ2v) is 4.02. The van der Waals surface area contributed by atoms with Crippen LogP contribution in [0.3, 0.4) is 0 Å². The number of hydrogen-bond acceptors (Lipinski definition) is 4. The normalized spacial score (nSPS) is 12.9. The van der Waals surface area contributed by atoms with E-state index >= 15 is 0 Å². The van der Waals surface area contributed by atoms with Crippen molar-refractivity contribution in [1.82, 2.24) is 0 Å². The number of rotatable bonds is 5. The van der Waals surface area contributed by atoms with Crippen molar-refractivity contribution in [3.8, 4) is 0 Å². The molecule has 0 radical (unpaired) electrons. The van der Waals surface area contributed by atoms with E-state index in [2.05, 4.69) is 20.7 Å².